The van der Waals surface area contributed by atoms with E-state index in [0.29, 0.717) is 10.8 Å². The van der Waals surface area contributed by atoms with Gasteiger partial charge in [0.1, 0.15) is 11.4 Å². The predicted molar refractivity (Wildman–Crippen MR) is 86.1 cm³/mol. The van der Waals surface area contributed by atoms with Crippen molar-refractivity contribution in [3.63, 3.8) is 0 Å². The highest BCUT2D eigenvalue weighted by Crippen LogP contribution is 2.25. The Morgan fingerprint density at radius 1 is 1.23 bits per heavy atom. The Bertz CT molecular complexity index is 815. The third kappa shape index (κ3) is 2.96. The number of amides is 1. The topological polar surface area (TPSA) is 75.1 Å². The molecular weight excluding hydrogens is 298 g/mol. The Morgan fingerprint density at radius 3 is 2.86 bits per heavy atom. The van der Waals surface area contributed by atoms with Gasteiger partial charge in [-0.25, -0.2) is 4.98 Å². The van der Waals surface area contributed by atoms with Gasteiger partial charge < -0.3 is 5.11 Å². The number of aryl methyl sites for hydroxylation is 1. The molecule has 0 saturated heterocycles. The number of anilines is 1. The van der Waals surface area contributed by atoms with E-state index in [-0.39, 0.29) is 17.2 Å². The minimum Gasteiger partial charge on any atom is -0.507 e. The van der Waals surface area contributed by atoms with Gasteiger partial charge in [0, 0.05) is 11.6 Å². The van der Waals surface area contributed by atoms with E-state index < -0.39 is 0 Å². The molecule has 6 heteroatoms. The molecule has 0 atom stereocenters. The number of hydrogen-bond acceptors (Lipinski definition) is 5. The Hall–Kier alpha value is -2.73. The average molecular weight is 311 g/mol. The lowest BCUT2D eigenvalue weighted by molar-refractivity contribution is 0.102. The molecule has 2 aromatic heterocycles. The highest BCUT2D eigenvalue weighted by Gasteiger charge is 2.14. The van der Waals surface area contributed by atoms with Crippen molar-refractivity contribution in [3.05, 3.63) is 59.1 Å². The number of carbonyl (C=O) groups is 1. The van der Waals surface area contributed by atoms with Gasteiger partial charge in [-0.2, -0.15) is 0 Å². The summed E-state index contributed by atoms with van der Waals surface area (Å²) in [5.41, 5.74) is 2.58. The van der Waals surface area contributed by atoms with Crippen LogP contribution in [0.4, 0.5) is 5.13 Å². The fourth-order valence-corrected chi connectivity index (χ4v) is 2.66. The molecule has 0 aliphatic heterocycles. The number of nitrogens with one attached hydrogen (secondary N) is 1. The number of carbonyl (C=O) groups excluding carboxylic acids is 1. The maximum absolute atomic E-state index is 12.2. The number of hydrogen-bond donors (Lipinski definition) is 2. The molecule has 0 bridgehead atoms. The Morgan fingerprint density at radius 2 is 2.09 bits per heavy atom. The van der Waals surface area contributed by atoms with E-state index in [9.17, 15) is 9.90 Å². The molecule has 1 amide bonds. The lowest BCUT2D eigenvalue weighted by Crippen LogP contribution is -2.12. The standard InChI is InChI=1S/C16H13N3O2S/c1-10-5-6-14(20)11(8-10)15(21)19-16-18-13(9-22-16)12-4-2-3-7-17-12/h2-9,20H,1H3,(H,18,19,21). The molecule has 22 heavy (non-hydrogen) atoms. The van der Waals surface area contributed by atoms with Crippen LogP contribution in [0.15, 0.2) is 48.0 Å². The maximum atomic E-state index is 12.2. The third-order valence-corrected chi connectivity index (χ3v) is 3.81. The van der Waals surface area contributed by atoms with Gasteiger partial charge in [-0.05, 0) is 31.2 Å². The van der Waals surface area contributed by atoms with Gasteiger partial charge in [-0.3, -0.25) is 15.1 Å². The summed E-state index contributed by atoms with van der Waals surface area (Å²) < 4.78 is 0. The molecule has 0 radical (unpaired) electrons. The summed E-state index contributed by atoms with van der Waals surface area (Å²) in [6, 6.07) is 10.5. The molecule has 1 aromatic carbocycles. The number of thiazole rings is 1. The summed E-state index contributed by atoms with van der Waals surface area (Å²) in [6.07, 6.45) is 1.69. The molecular formula is C16H13N3O2S. The smallest absolute Gasteiger partial charge is 0.261 e. The van der Waals surface area contributed by atoms with E-state index in [2.05, 4.69) is 15.3 Å². The quantitative estimate of drug-likeness (QED) is 0.776. The van der Waals surface area contributed by atoms with Gasteiger partial charge in [0.05, 0.1) is 11.3 Å². The van der Waals surface area contributed by atoms with E-state index in [1.165, 1.54) is 17.4 Å². The Labute approximate surface area is 131 Å². The van der Waals surface area contributed by atoms with Gasteiger partial charge in [0.25, 0.3) is 5.91 Å². The van der Waals surface area contributed by atoms with Crippen LogP contribution >= 0.6 is 11.3 Å². The Kier molecular flexibility index (Phi) is 3.84. The minimum absolute atomic E-state index is 0.0513. The zero-order chi connectivity index (χ0) is 15.5. The van der Waals surface area contributed by atoms with Gasteiger partial charge in [-0.15, -0.1) is 11.3 Å². The highest BCUT2D eigenvalue weighted by molar-refractivity contribution is 7.14. The van der Waals surface area contributed by atoms with Crippen LogP contribution in [0.1, 0.15) is 15.9 Å². The molecule has 0 aliphatic carbocycles. The molecule has 0 fully saturated rings. The molecule has 3 rings (SSSR count). The van der Waals surface area contributed by atoms with Crippen LogP contribution in [0.3, 0.4) is 0 Å². The highest BCUT2D eigenvalue weighted by atomic mass is 32.1. The van der Waals surface area contributed by atoms with Crippen molar-refractivity contribution in [1.82, 2.24) is 9.97 Å². The number of aromatic hydroxyl groups is 1. The van der Waals surface area contributed by atoms with Crippen LogP contribution in [0.5, 0.6) is 5.75 Å². The summed E-state index contributed by atoms with van der Waals surface area (Å²) in [6.45, 7) is 1.86. The summed E-state index contributed by atoms with van der Waals surface area (Å²) in [4.78, 5) is 20.8. The van der Waals surface area contributed by atoms with Crippen molar-refractivity contribution in [2.75, 3.05) is 5.32 Å². The van der Waals surface area contributed by atoms with E-state index in [1.54, 1.807) is 18.3 Å². The molecule has 0 unspecified atom stereocenters. The predicted octanol–water partition coefficient (Wildman–Crippen LogP) is 3.47. The molecule has 0 spiro atoms. The van der Waals surface area contributed by atoms with Gasteiger partial charge in [0.2, 0.25) is 0 Å². The summed E-state index contributed by atoms with van der Waals surface area (Å²) in [5.74, 6) is -0.437. The van der Waals surface area contributed by atoms with Crippen molar-refractivity contribution >= 4 is 22.4 Å². The zero-order valence-electron chi connectivity index (χ0n) is 11.8. The molecule has 3 aromatic rings. The normalized spacial score (nSPS) is 10.4. The fourth-order valence-electron chi connectivity index (χ4n) is 1.96. The van der Waals surface area contributed by atoms with Gasteiger partial charge in [-0.1, -0.05) is 17.7 Å². The molecule has 0 saturated carbocycles. The van der Waals surface area contributed by atoms with Crippen LogP contribution in [-0.2, 0) is 0 Å². The van der Waals surface area contributed by atoms with Crippen molar-refractivity contribution in [3.8, 4) is 17.1 Å². The number of phenols is 1. The minimum atomic E-state index is -0.386. The summed E-state index contributed by atoms with van der Waals surface area (Å²) in [5, 5.41) is 14.8. The average Bonchev–Trinajstić information content (AvgIpc) is 2.99. The number of rotatable bonds is 3. The second-order valence-electron chi connectivity index (χ2n) is 4.73. The first kappa shape index (κ1) is 14.2. The van der Waals surface area contributed by atoms with Crippen LogP contribution in [0.25, 0.3) is 11.4 Å². The van der Waals surface area contributed by atoms with E-state index in [0.717, 1.165) is 11.3 Å². The molecule has 5 nitrogen and oxygen atoms in total. The second-order valence-corrected chi connectivity index (χ2v) is 5.59. The SMILES string of the molecule is Cc1ccc(O)c(C(=O)Nc2nc(-c3ccccn3)cs2)c1. The molecule has 2 heterocycles. The van der Waals surface area contributed by atoms with Crippen LogP contribution < -0.4 is 5.32 Å². The van der Waals surface area contributed by atoms with Crippen LogP contribution in [-0.4, -0.2) is 21.0 Å². The first-order valence-corrected chi connectivity index (χ1v) is 7.49. The Balaban J connectivity index is 1.81. The van der Waals surface area contributed by atoms with Gasteiger partial charge in [0.15, 0.2) is 5.13 Å². The van der Waals surface area contributed by atoms with Crippen molar-refractivity contribution in [2.45, 2.75) is 6.92 Å². The first-order valence-electron chi connectivity index (χ1n) is 6.61. The van der Waals surface area contributed by atoms with E-state index in [4.69, 9.17) is 0 Å². The number of phenolic OH excluding ortho intramolecular Hbond substituents is 1. The van der Waals surface area contributed by atoms with E-state index in [1.807, 2.05) is 30.5 Å². The van der Waals surface area contributed by atoms with Crippen molar-refractivity contribution in [2.24, 2.45) is 0 Å². The summed E-state index contributed by atoms with van der Waals surface area (Å²) >= 11 is 1.31. The van der Waals surface area contributed by atoms with Crippen LogP contribution in [0, 0.1) is 6.92 Å². The van der Waals surface area contributed by atoms with E-state index >= 15 is 0 Å². The first-order chi connectivity index (χ1) is 10.6. The van der Waals surface area contributed by atoms with Crippen molar-refractivity contribution < 1.29 is 9.90 Å². The zero-order valence-corrected chi connectivity index (χ0v) is 12.6. The lowest BCUT2D eigenvalue weighted by atomic mass is 10.1. The van der Waals surface area contributed by atoms with Gasteiger partial charge >= 0.3 is 0 Å². The van der Waals surface area contributed by atoms with Crippen molar-refractivity contribution in [1.29, 1.82) is 0 Å². The number of benzene rings is 1. The lowest BCUT2D eigenvalue weighted by Gasteiger charge is -2.05. The van der Waals surface area contributed by atoms with Crippen LogP contribution in [0.2, 0.25) is 0 Å². The largest absolute Gasteiger partial charge is 0.507 e. The second kappa shape index (κ2) is 5.95. The number of pyridine rings is 1. The monoisotopic (exact) mass is 311 g/mol. The number of aromatic nitrogens is 2. The molecule has 110 valence electrons. The molecule has 0 aliphatic rings. The maximum Gasteiger partial charge on any atom is 0.261 e. The fraction of sp³-hybridized carbons (Fsp3) is 0.0625. The molecule has 2 N–H and O–H groups in total. The third-order valence-electron chi connectivity index (χ3n) is 3.05. The number of nitrogens with zero attached hydrogens (tertiary/aromatic N) is 2. The summed E-state index contributed by atoms with van der Waals surface area (Å²) in [7, 11) is 0.